The number of nitriles is 1. The molecule has 0 spiro atoms. The Morgan fingerprint density at radius 3 is 2.17 bits per heavy atom. The van der Waals surface area contributed by atoms with Crippen molar-refractivity contribution < 1.29 is 14.3 Å². The number of piperidine rings is 1. The van der Waals surface area contributed by atoms with Crippen LogP contribution in [-0.2, 0) is 14.3 Å². The zero-order valence-electron chi connectivity index (χ0n) is 18.7. The zero-order chi connectivity index (χ0) is 21.6. The first-order valence-corrected chi connectivity index (χ1v) is 12.0. The molecule has 1 aliphatic carbocycles. The van der Waals surface area contributed by atoms with E-state index in [1.165, 1.54) is 44.9 Å². The maximum Gasteiger partial charge on any atom is 0.310 e. The largest absolute Gasteiger partial charge is 0.466 e. The summed E-state index contributed by atoms with van der Waals surface area (Å²) in [5, 5.41) is 12.7. The first-order chi connectivity index (χ1) is 14.6. The molecule has 1 amide bonds. The molecule has 1 saturated carbocycles. The molecular weight excluding hydrogens is 378 g/mol. The molecule has 2 rings (SSSR count). The highest BCUT2D eigenvalue weighted by Crippen LogP contribution is 2.20. The number of hydrogen-bond donors (Lipinski definition) is 1. The second-order valence-electron chi connectivity index (χ2n) is 8.67. The van der Waals surface area contributed by atoms with E-state index in [1.807, 2.05) is 4.90 Å². The highest BCUT2D eigenvalue weighted by atomic mass is 16.5. The van der Waals surface area contributed by atoms with E-state index in [2.05, 4.69) is 11.4 Å². The van der Waals surface area contributed by atoms with E-state index in [0.29, 0.717) is 13.2 Å². The van der Waals surface area contributed by atoms with E-state index in [4.69, 9.17) is 4.74 Å². The lowest BCUT2D eigenvalue weighted by molar-refractivity contribution is -0.149. The highest BCUT2D eigenvalue weighted by molar-refractivity contribution is 5.97. The van der Waals surface area contributed by atoms with Gasteiger partial charge in [0.15, 0.2) is 0 Å². The predicted octanol–water partition coefficient (Wildman–Crippen LogP) is 4.46. The Hall–Kier alpha value is -2.03. The number of ether oxygens (including phenoxy) is 1. The van der Waals surface area contributed by atoms with Crippen LogP contribution in [0, 0.1) is 17.2 Å². The number of carbonyl (C=O) groups is 2. The molecule has 1 aliphatic heterocycles. The van der Waals surface area contributed by atoms with E-state index in [9.17, 15) is 14.9 Å². The monoisotopic (exact) mass is 417 g/mol. The van der Waals surface area contributed by atoms with Gasteiger partial charge in [-0.25, -0.2) is 0 Å². The third-order valence-corrected chi connectivity index (χ3v) is 6.19. The molecule has 6 nitrogen and oxygen atoms in total. The Morgan fingerprint density at radius 1 is 1.00 bits per heavy atom. The van der Waals surface area contributed by atoms with Gasteiger partial charge in [0.2, 0.25) is 0 Å². The van der Waals surface area contributed by atoms with E-state index in [-0.39, 0.29) is 29.4 Å². The van der Waals surface area contributed by atoms with Crippen LogP contribution in [-0.4, -0.2) is 42.5 Å². The molecule has 1 N–H and O–H groups in total. The maximum atomic E-state index is 12.8. The Kier molecular flexibility index (Phi) is 11.4. The lowest BCUT2D eigenvalue weighted by Gasteiger charge is -2.30. The summed E-state index contributed by atoms with van der Waals surface area (Å²) in [6, 6.07) is 2.21. The van der Waals surface area contributed by atoms with E-state index >= 15 is 0 Å². The van der Waals surface area contributed by atoms with E-state index < -0.39 is 0 Å². The fraction of sp³-hybridized carbons (Fsp3) is 0.792. The molecule has 1 heterocycles. The van der Waals surface area contributed by atoms with Crippen LogP contribution in [0.1, 0.15) is 90.4 Å². The first-order valence-electron chi connectivity index (χ1n) is 12.0. The topological polar surface area (TPSA) is 82.4 Å². The lowest BCUT2D eigenvalue weighted by atomic mass is 9.97. The summed E-state index contributed by atoms with van der Waals surface area (Å²) in [5.41, 5.74) is 0.130. The van der Waals surface area contributed by atoms with Crippen LogP contribution in [0.4, 0.5) is 0 Å². The molecule has 1 saturated heterocycles. The van der Waals surface area contributed by atoms with Gasteiger partial charge in [0.1, 0.15) is 11.6 Å². The summed E-state index contributed by atoms with van der Waals surface area (Å²) in [6.07, 6.45) is 16.5. The molecule has 0 aromatic heterocycles. The molecule has 1 unspecified atom stereocenters. The number of likely N-dealkylation sites (tertiary alicyclic amines) is 1. The molecule has 30 heavy (non-hydrogen) atoms. The van der Waals surface area contributed by atoms with Crippen LogP contribution >= 0.6 is 0 Å². The van der Waals surface area contributed by atoms with Gasteiger partial charge in [-0.15, -0.1) is 0 Å². The number of amides is 1. The number of nitrogens with one attached hydrogen (secondary N) is 1. The minimum Gasteiger partial charge on any atom is -0.466 e. The van der Waals surface area contributed by atoms with Crippen molar-refractivity contribution in [3.8, 4) is 6.07 Å². The molecule has 2 fully saturated rings. The van der Waals surface area contributed by atoms with Crippen LogP contribution in [0.2, 0.25) is 0 Å². The van der Waals surface area contributed by atoms with Crippen molar-refractivity contribution in [2.75, 3.05) is 19.7 Å². The fourth-order valence-electron chi connectivity index (χ4n) is 4.47. The molecule has 2 aliphatic rings. The fourth-order valence-corrected chi connectivity index (χ4v) is 4.47. The second-order valence-corrected chi connectivity index (χ2v) is 8.67. The van der Waals surface area contributed by atoms with Crippen LogP contribution in [0.15, 0.2) is 11.8 Å². The maximum absolute atomic E-state index is 12.8. The normalized spacial score (nSPS) is 22.9. The zero-order valence-corrected chi connectivity index (χ0v) is 18.7. The van der Waals surface area contributed by atoms with Crippen LogP contribution in [0.5, 0.6) is 0 Å². The average Bonchev–Trinajstić information content (AvgIpc) is 2.74. The van der Waals surface area contributed by atoms with Gasteiger partial charge >= 0.3 is 5.97 Å². The van der Waals surface area contributed by atoms with Crippen molar-refractivity contribution in [1.29, 1.82) is 5.26 Å². The summed E-state index contributed by atoms with van der Waals surface area (Å²) >= 11 is 0. The SMILES string of the molecule is CCOC(=O)C1CCCN(/C=C(/C#N)C(=O)NC2CCCCCCCCCCC2)C1. The third kappa shape index (κ3) is 8.77. The molecule has 0 aromatic carbocycles. The molecule has 0 aromatic rings. The number of esters is 1. The van der Waals surface area contributed by atoms with Gasteiger partial charge in [0, 0.05) is 25.3 Å². The van der Waals surface area contributed by atoms with Gasteiger partial charge in [0.05, 0.1) is 12.5 Å². The Balaban J connectivity index is 1.92. The smallest absolute Gasteiger partial charge is 0.310 e. The quantitative estimate of drug-likeness (QED) is 0.406. The molecule has 168 valence electrons. The van der Waals surface area contributed by atoms with Crippen molar-refractivity contribution in [3.05, 3.63) is 11.8 Å². The standard InChI is InChI=1S/C24H39N3O3/c1-2-30-24(29)20-13-12-16-27(18-20)19-21(17-25)23(28)26-22-14-10-8-6-4-3-5-7-9-11-15-22/h19-20,22H,2-16,18H2,1H3,(H,26,28)/b21-19-. The first kappa shape index (κ1) is 24.2. The lowest BCUT2D eigenvalue weighted by Crippen LogP contribution is -2.39. The van der Waals surface area contributed by atoms with Crippen LogP contribution in [0.3, 0.4) is 0 Å². The van der Waals surface area contributed by atoms with Crippen molar-refractivity contribution in [3.63, 3.8) is 0 Å². The molecule has 1 atom stereocenters. The Morgan fingerprint density at radius 2 is 1.60 bits per heavy atom. The number of carbonyl (C=O) groups excluding carboxylic acids is 2. The van der Waals surface area contributed by atoms with Gasteiger partial charge in [-0.1, -0.05) is 57.8 Å². The van der Waals surface area contributed by atoms with Crippen molar-refractivity contribution in [2.45, 2.75) is 96.4 Å². The minimum absolute atomic E-state index is 0.130. The summed E-state index contributed by atoms with van der Waals surface area (Å²) in [6.45, 7) is 3.43. The summed E-state index contributed by atoms with van der Waals surface area (Å²) in [5.74, 6) is -0.663. The van der Waals surface area contributed by atoms with Gasteiger partial charge < -0.3 is 15.0 Å². The van der Waals surface area contributed by atoms with Crippen molar-refractivity contribution in [1.82, 2.24) is 10.2 Å². The third-order valence-electron chi connectivity index (χ3n) is 6.19. The van der Waals surface area contributed by atoms with Gasteiger partial charge in [-0.05, 0) is 32.6 Å². The summed E-state index contributed by atoms with van der Waals surface area (Å²) < 4.78 is 5.14. The van der Waals surface area contributed by atoms with Crippen LogP contribution < -0.4 is 5.32 Å². The highest BCUT2D eigenvalue weighted by Gasteiger charge is 2.26. The molecule has 0 radical (unpaired) electrons. The molecule has 0 bridgehead atoms. The van der Waals surface area contributed by atoms with Crippen molar-refractivity contribution in [2.24, 2.45) is 5.92 Å². The average molecular weight is 418 g/mol. The Labute approximate surface area is 182 Å². The van der Waals surface area contributed by atoms with Crippen LogP contribution in [0.25, 0.3) is 0 Å². The summed E-state index contributed by atoms with van der Waals surface area (Å²) in [7, 11) is 0. The van der Waals surface area contributed by atoms with Gasteiger partial charge in [-0.2, -0.15) is 5.26 Å². The minimum atomic E-state index is -0.284. The van der Waals surface area contributed by atoms with Gasteiger partial charge in [0.25, 0.3) is 5.91 Å². The van der Waals surface area contributed by atoms with Crippen molar-refractivity contribution >= 4 is 11.9 Å². The Bertz CT molecular complexity index is 599. The predicted molar refractivity (Wildman–Crippen MR) is 117 cm³/mol. The molecule has 6 heteroatoms. The molecular formula is C24H39N3O3. The number of rotatable bonds is 5. The second kappa shape index (κ2) is 14.1. The number of nitrogens with zero attached hydrogens (tertiary/aromatic N) is 2. The van der Waals surface area contributed by atoms with Gasteiger partial charge in [-0.3, -0.25) is 9.59 Å². The van der Waals surface area contributed by atoms with E-state index in [1.54, 1.807) is 13.1 Å². The number of hydrogen-bond acceptors (Lipinski definition) is 5. The summed E-state index contributed by atoms with van der Waals surface area (Å²) in [4.78, 5) is 26.8. The van der Waals surface area contributed by atoms with E-state index in [0.717, 1.165) is 45.1 Å².